The second-order valence-corrected chi connectivity index (χ2v) is 6.18. The maximum atomic E-state index is 13.1. The van der Waals surface area contributed by atoms with Gasteiger partial charge in [-0.05, 0) is 61.4 Å². The van der Waals surface area contributed by atoms with Crippen LogP contribution >= 0.6 is 0 Å². The summed E-state index contributed by atoms with van der Waals surface area (Å²) in [5.74, 6) is 0.896. The Morgan fingerprint density at radius 3 is 2.84 bits per heavy atom. The second-order valence-electron chi connectivity index (χ2n) is 6.18. The molecule has 104 valence electrons. The molecular weight excluding hydrogens is 237 g/mol. The van der Waals surface area contributed by atoms with Crippen molar-refractivity contribution in [1.29, 1.82) is 0 Å². The molecule has 1 nitrogen and oxygen atoms in total. The molecule has 0 radical (unpaired) electrons. The van der Waals surface area contributed by atoms with Crippen LogP contribution in [0.25, 0.3) is 0 Å². The summed E-state index contributed by atoms with van der Waals surface area (Å²) < 4.78 is 13.1. The summed E-state index contributed by atoms with van der Waals surface area (Å²) >= 11 is 0. The number of hydrogen-bond donors (Lipinski definition) is 1. The highest BCUT2D eigenvalue weighted by Gasteiger charge is 2.22. The molecule has 1 N–H and O–H groups in total. The second kappa shape index (κ2) is 6.04. The highest BCUT2D eigenvalue weighted by molar-refractivity contribution is 5.34. The van der Waals surface area contributed by atoms with E-state index in [0.29, 0.717) is 6.04 Å². The summed E-state index contributed by atoms with van der Waals surface area (Å²) in [5, 5.41) is 3.66. The van der Waals surface area contributed by atoms with Crippen LogP contribution in [0.15, 0.2) is 18.2 Å². The van der Waals surface area contributed by atoms with E-state index in [9.17, 15) is 4.39 Å². The van der Waals surface area contributed by atoms with E-state index in [1.807, 2.05) is 6.07 Å². The average molecular weight is 261 g/mol. The third-order valence-corrected chi connectivity index (χ3v) is 4.84. The van der Waals surface area contributed by atoms with E-state index in [-0.39, 0.29) is 5.82 Å². The van der Waals surface area contributed by atoms with E-state index in [0.717, 1.165) is 25.3 Å². The number of fused-ring (bicyclic) bond motifs is 1. The zero-order chi connectivity index (χ0) is 13.1. The Labute approximate surface area is 115 Å². The van der Waals surface area contributed by atoms with Gasteiger partial charge in [0.25, 0.3) is 0 Å². The number of hydrogen-bond acceptors (Lipinski definition) is 1. The third-order valence-electron chi connectivity index (χ3n) is 4.84. The molecule has 2 heteroatoms. The molecule has 0 aliphatic heterocycles. The van der Waals surface area contributed by atoms with E-state index in [4.69, 9.17) is 0 Å². The average Bonchev–Trinajstić information content (AvgIpc) is 3.03. The first-order valence-corrected chi connectivity index (χ1v) is 7.84. The smallest absolute Gasteiger partial charge is 0.123 e. The summed E-state index contributed by atoms with van der Waals surface area (Å²) in [4.78, 5) is 0. The Kier molecular flexibility index (Phi) is 4.17. The van der Waals surface area contributed by atoms with Crippen LogP contribution in [0, 0.1) is 11.7 Å². The van der Waals surface area contributed by atoms with E-state index in [2.05, 4.69) is 5.32 Å². The third kappa shape index (κ3) is 3.17. The Morgan fingerprint density at radius 1 is 1.16 bits per heavy atom. The van der Waals surface area contributed by atoms with Gasteiger partial charge < -0.3 is 5.32 Å². The molecule has 3 rings (SSSR count). The van der Waals surface area contributed by atoms with Crippen LogP contribution in [0.4, 0.5) is 4.39 Å². The topological polar surface area (TPSA) is 12.0 Å². The van der Waals surface area contributed by atoms with Gasteiger partial charge in [-0.15, -0.1) is 0 Å². The molecule has 1 saturated carbocycles. The molecule has 0 spiro atoms. The maximum absolute atomic E-state index is 13.1. The number of nitrogens with one attached hydrogen (secondary N) is 1. The van der Waals surface area contributed by atoms with Gasteiger partial charge in [-0.2, -0.15) is 0 Å². The lowest BCUT2D eigenvalue weighted by Crippen LogP contribution is -2.20. The minimum absolute atomic E-state index is 0.0966. The number of rotatable bonds is 5. The largest absolute Gasteiger partial charge is 0.310 e. The van der Waals surface area contributed by atoms with Crippen LogP contribution in [0.1, 0.15) is 62.1 Å². The zero-order valence-corrected chi connectivity index (χ0v) is 11.6. The molecule has 0 bridgehead atoms. The molecule has 1 unspecified atom stereocenters. The van der Waals surface area contributed by atoms with Gasteiger partial charge in [0.2, 0.25) is 0 Å². The van der Waals surface area contributed by atoms with Crippen LogP contribution < -0.4 is 5.32 Å². The van der Waals surface area contributed by atoms with Crippen molar-refractivity contribution < 1.29 is 4.39 Å². The quantitative estimate of drug-likeness (QED) is 0.776. The number of benzene rings is 1. The van der Waals surface area contributed by atoms with E-state index in [1.54, 1.807) is 12.1 Å². The van der Waals surface area contributed by atoms with Gasteiger partial charge in [0.1, 0.15) is 5.82 Å². The lowest BCUT2D eigenvalue weighted by atomic mass is 10.0. The monoisotopic (exact) mass is 261 g/mol. The minimum atomic E-state index is -0.0966. The number of halogens is 1. The first-order chi connectivity index (χ1) is 9.33. The molecule has 0 amide bonds. The Hall–Kier alpha value is -0.890. The van der Waals surface area contributed by atoms with Crippen molar-refractivity contribution in [2.45, 2.75) is 57.4 Å². The Morgan fingerprint density at radius 2 is 2.00 bits per heavy atom. The molecule has 0 heterocycles. The fourth-order valence-corrected chi connectivity index (χ4v) is 3.76. The maximum Gasteiger partial charge on any atom is 0.123 e. The van der Waals surface area contributed by atoms with Gasteiger partial charge in [0.15, 0.2) is 0 Å². The van der Waals surface area contributed by atoms with Gasteiger partial charge in [-0.25, -0.2) is 4.39 Å². The van der Waals surface area contributed by atoms with Crippen LogP contribution in [0.3, 0.4) is 0 Å². The molecule has 2 aliphatic rings. The molecule has 1 aromatic carbocycles. The van der Waals surface area contributed by atoms with Gasteiger partial charge in [0.05, 0.1) is 0 Å². The Balaban J connectivity index is 1.44. The van der Waals surface area contributed by atoms with Crippen LogP contribution in [0.2, 0.25) is 0 Å². The molecule has 1 fully saturated rings. The van der Waals surface area contributed by atoms with Crippen LogP contribution in [-0.4, -0.2) is 6.54 Å². The van der Waals surface area contributed by atoms with Crippen LogP contribution in [-0.2, 0) is 6.42 Å². The van der Waals surface area contributed by atoms with Crippen molar-refractivity contribution in [2.24, 2.45) is 5.92 Å². The molecule has 1 aromatic rings. The summed E-state index contributed by atoms with van der Waals surface area (Å²) in [6, 6.07) is 5.72. The van der Waals surface area contributed by atoms with Gasteiger partial charge in [-0.3, -0.25) is 0 Å². The number of aryl methyl sites for hydroxylation is 1. The van der Waals surface area contributed by atoms with E-state index < -0.39 is 0 Å². The molecule has 0 saturated heterocycles. The molecule has 19 heavy (non-hydrogen) atoms. The lowest BCUT2D eigenvalue weighted by Gasteiger charge is -2.15. The normalized spacial score (nSPS) is 22.9. The SMILES string of the molecule is Fc1ccc2c(c1)CCC2NCCCC1CCCC1. The van der Waals surface area contributed by atoms with Gasteiger partial charge in [0, 0.05) is 6.04 Å². The first-order valence-electron chi connectivity index (χ1n) is 7.84. The predicted octanol–water partition coefficient (Wildman–Crippen LogP) is 4.37. The molecule has 2 aliphatic carbocycles. The summed E-state index contributed by atoms with van der Waals surface area (Å²) in [5.41, 5.74) is 2.52. The van der Waals surface area contributed by atoms with E-state index in [1.165, 1.54) is 49.7 Å². The zero-order valence-electron chi connectivity index (χ0n) is 11.6. The summed E-state index contributed by atoms with van der Waals surface area (Å²) in [6.07, 6.45) is 10.6. The summed E-state index contributed by atoms with van der Waals surface area (Å²) in [6.45, 7) is 1.11. The first kappa shape index (κ1) is 13.1. The van der Waals surface area contributed by atoms with Crippen LogP contribution in [0.5, 0.6) is 0 Å². The highest BCUT2D eigenvalue weighted by Crippen LogP contribution is 2.32. The molecular formula is C17H24FN. The fraction of sp³-hybridized carbons (Fsp3) is 0.647. The van der Waals surface area contributed by atoms with E-state index >= 15 is 0 Å². The molecule has 1 atom stereocenters. The Bertz CT molecular complexity index is 423. The van der Waals surface area contributed by atoms with Crippen molar-refractivity contribution in [3.8, 4) is 0 Å². The van der Waals surface area contributed by atoms with Crippen molar-refractivity contribution >= 4 is 0 Å². The lowest BCUT2D eigenvalue weighted by molar-refractivity contribution is 0.447. The summed E-state index contributed by atoms with van der Waals surface area (Å²) in [7, 11) is 0. The highest BCUT2D eigenvalue weighted by atomic mass is 19.1. The fourth-order valence-electron chi connectivity index (χ4n) is 3.76. The van der Waals surface area contributed by atoms with Crippen molar-refractivity contribution in [2.75, 3.05) is 6.54 Å². The van der Waals surface area contributed by atoms with Crippen molar-refractivity contribution in [3.63, 3.8) is 0 Å². The standard InChI is InChI=1S/C17H24FN/c18-15-8-9-16-14(12-15)7-10-17(16)19-11-3-6-13-4-1-2-5-13/h8-9,12-13,17,19H,1-7,10-11H2. The van der Waals surface area contributed by atoms with Gasteiger partial charge in [-0.1, -0.05) is 31.7 Å². The molecule has 0 aromatic heterocycles. The predicted molar refractivity (Wildman–Crippen MR) is 76.7 cm³/mol. The van der Waals surface area contributed by atoms with Gasteiger partial charge >= 0.3 is 0 Å². The minimum Gasteiger partial charge on any atom is -0.310 e. The van der Waals surface area contributed by atoms with Crippen molar-refractivity contribution in [1.82, 2.24) is 5.32 Å². The van der Waals surface area contributed by atoms with Crippen molar-refractivity contribution in [3.05, 3.63) is 35.1 Å².